The van der Waals surface area contributed by atoms with Crippen molar-refractivity contribution in [3.63, 3.8) is 0 Å². The Kier molecular flexibility index (Phi) is 2.51. The molecule has 70 valence electrons. The van der Waals surface area contributed by atoms with Crippen molar-refractivity contribution in [3.8, 4) is 5.75 Å². The quantitative estimate of drug-likeness (QED) is 0.695. The van der Waals surface area contributed by atoms with Crippen LogP contribution in [0.1, 0.15) is 30.0 Å². The normalized spacial score (nSPS) is 10.0. The molecule has 4 heteroatoms. The molecule has 0 spiro atoms. The van der Waals surface area contributed by atoms with Gasteiger partial charge in [0.1, 0.15) is 17.1 Å². The fraction of sp³-hybridized carbons (Fsp3) is 0.333. The molecule has 0 aromatic carbocycles. The first kappa shape index (κ1) is 9.51. The zero-order chi connectivity index (χ0) is 10.0. The summed E-state index contributed by atoms with van der Waals surface area (Å²) < 4.78 is 4.76. The van der Waals surface area contributed by atoms with Crippen LogP contribution in [0.5, 0.6) is 5.75 Å². The van der Waals surface area contributed by atoms with Crippen LogP contribution >= 0.6 is 0 Å². The van der Waals surface area contributed by atoms with Gasteiger partial charge in [0, 0.05) is 12.5 Å². The molecular weight excluding hydrogens is 172 g/mol. The van der Waals surface area contributed by atoms with Crippen LogP contribution in [0.4, 0.5) is 0 Å². The Morgan fingerprint density at radius 3 is 2.62 bits per heavy atom. The van der Waals surface area contributed by atoms with Crippen LogP contribution in [0.2, 0.25) is 0 Å². The highest BCUT2D eigenvalue weighted by Gasteiger charge is 2.14. The third-order valence-corrected chi connectivity index (χ3v) is 1.68. The van der Waals surface area contributed by atoms with Crippen molar-refractivity contribution in [2.75, 3.05) is 0 Å². The van der Waals surface area contributed by atoms with Crippen LogP contribution in [-0.2, 0) is 6.42 Å². The minimum absolute atomic E-state index is 0.280. The lowest BCUT2D eigenvalue weighted by Gasteiger charge is -2.00. The Labute approximate surface area is 74.8 Å². The molecule has 0 aliphatic carbocycles. The van der Waals surface area contributed by atoms with E-state index >= 15 is 0 Å². The molecule has 1 aromatic heterocycles. The minimum Gasteiger partial charge on any atom is -0.507 e. The van der Waals surface area contributed by atoms with Gasteiger partial charge in [0.15, 0.2) is 5.78 Å². The van der Waals surface area contributed by atoms with Crippen LogP contribution in [0.3, 0.4) is 0 Å². The second-order valence-corrected chi connectivity index (χ2v) is 2.67. The molecule has 1 rings (SSSR count). The highest BCUT2D eigenvalue weighted by molar-refractivity contribution is 5.96. The molecule has 0 bridgehead atoms. The van der Waals surface area contributed by atoms with Crippen LogP contribution in [0.15, 0.2) is 15.3 Å². The molecule has 0 atom stereocenters. The highest BCUT2D eigenvalue weighted by Crippen LogP contribution is 2.15. The predicted octanol–water partition coefficient (Wildman–Crippen LogP) is 1.11. The fourth-order valence-corrected chi connectivity index (χ4v) is 1.03. The van der Waals surface area contributed by atoms with E-state index in [9.17, 15) is 14.7 Å². The first-order chi connectivity index (χ1) is 6.06. The lowest BCUT2D eigenvalue weighted by molar-refractivity contribution is 0.101. The van der Waals surface area contributed by atoms with Gasteiger partial charge in [0.25, 0.3) is 0 Å². The van der Waals surface area contributed by atoms with E-state index in [-0.39, 0.29) is 11.3 Å². The standard InChI is InChI=1S/C9H10O4/c1-3-6-4-7(11)8(5(2)10)9(12)13-6/h4,11H,3H2,1-2H3. The lowest BCUT2D eigenvalue weighted by Crippen LogP contribution is -2.12. The third-order valence-electron chi connectivity index (χ3n) is 1.68. The molecule has 0 fully saturated rings. The molecule has 0 saturated carbocycles. The Morgan fingerprint density at radius 2 is 2.23 bits per heavy atom. The van der Waals surface area contributed by atoms with Gasteiger partial charge in [0.2, 0.25) is 0 Å². The predicted molar refractivity (Wildman–Crippen MR) is 46.0 cm³/mol. The number of hydrogen-bond donors (Lipinski definition) is 1. The summed E-state index contributed by atoms with van der Waals surface area (Å²) in [5.74, 6) is -0.429. The molecule has 1 heterocycles. The zero-order valence-corrected chi connectivity index (χ0v) is 7.46. The van der Waals surface area contributed by atoms with Gasteiger partial charge in [-0.2, -0.15) is 0 Å². The number of aryl methyl sites for hydroxylation is 1. The average Bonchev–Trinajstić information content (AvgIpc) is 2.02. The van der Waals surface area contributed by atoms with E-state index in [1.54, 1.807) is 6.92 Å². The molecule has 13 heavy (non-hydrogen) atoms. The number of rotatable bonds is 2. The summed E-state index contributed by atoms with van der Waals surface area (Å²) in [6, 6.07) is 1.29. The number of aromatic hydroxyl groups is 1. The Bertz CT molecular complexity index is 389. The molecule has 0 saturated heterocycles. The van der Waals surface area contributed by atoms with Crippen molar-refractivity contribution in [1.29, 1.82) is 0 Å². The van der Waals surface area contributed by atoms with E-state index in [4.69, 9.17) is 4.42 Å². The fourth-order valence-electron chi connectivity index (χ4n) is 1.03. The van der Waals surface area contributed by atoms with Crippen LogP contribution < -0.4 is 5.63 Å². The topological polar surface area (TPSA) is 67.5 Å². The number of carbonyl (C=O) groups excluding carboxylic acids is 1. The summed E-state index contributed by atoms with van der Waals surface area (Å²) in [6.07, 6.45) is 0.501. The summed E-state index contributed by atoms with van der Waals surface area (Å²) in [5, 5.41) is 9.29. The maximum Gasteiger partial charge on any atom is 0.350 e. The lowest BCUT2D eigenvalue weighted by atomic mass is 10.2. The zero-order valence-electron chi connectivity index (χ0n) is 7.46. The highest BCUT2D eigenvalue weighted by atomic mass is 16.4. The molecule has 1 aromatic rings. The first-order valence-corrected chi connectivity index (χ1v) is 3.93. The maximum atomic E-state index is 11.1. The van der Waals surface area contributed by atoms with Crippen molar-refractivity contribution in [2.24, 2.45) is 0 Å². The summed E-state index contributed by atoms with van der Waals surface area (Å²) in [6.45, 7) is 2.99. The number of carbonyl (C=O) groups is 1. The Hall–Kier alpha value is -1.58. The van der Waals surface area contributed by atoms with Gasteiger partial charge in [-0.3, -0.25) is 4.79 Å². The smallest absolute Gasteiger partial charge is 0.350 e. The van der Waals surface area contributed by atoms with Crippen LogP contribution in [0, 0.1) is 0 Å². The summed E-state index contributed by atoms with van der Waals surface area (Å²) in [5.41, 5.74) is -1.05. The Balaban J connectivity index is 3.40. The van der Waals surface area contributed by atoms with Gasteiger partial charge in [0.05, 0.1) is 0 Å². The minimum atomic E-state index is -0.774. The van der Waals surface area contributed by atoms with Crippen molar-refractivity contribution < 1.29 is 14.3 Å². The van der Waals surface area contributed by atoms with Crippen molar-refractivity contribution in [1.82, 2.24) is 0 Å². The monoisotopic (exact) mass is 182 g/mol. The summed E-state index contributed by atoms with van der Waals surface area (Å²) >= 11 is 0. The van der Waals surface area contributed by atoms with Crippen molar-refractivity contribution >= 4 is 5.78 Å². The van der Waals surface area contributed by atoms with E-state index < -0.39 is 11.4 Å². The van der Waals surface area contributed by atoms with Crippen molar-refractivity contribution in [3.05, 3.63) is 27.8 Å². The van der Waals surface area contributed by atoms with Gasteiger partial charge in [-0.05, 0) is 6.92 Å². The first-order valence-electron chi connectivity index (χ1n) is 3.93. The molecule has 0 aliphatic rings. The van der Waals surface area contributed by atoms with E-state index in [0.717, 1.165) is 0 Å². The number of hydrogen-bond acceptors (Lipinski definition) is 4. The van der Waals surface area contributed by atoms with Gasteiger partial charge < -0.3 is 9.52 Å². The van der Waals surface area contributed by atoms with Crippen molar-refractivity contribution in [2.45, 2.75) is 20.3 Å². The molecule has 1 N–H and O–H groups in total. The largest absolute Gasteiger partial charge is 0.507 e. The SMILES string of the molecule is CCc1cc(O)c(C(C)=O)c(=O)o1. The molecular formula is C9H10O4. The van der Waals surface area contributed by atoms with Gasteiger partial charge in [-0.1, -0.05) is 6.92 Å². The van der Waals surface area contributed by atoms with E-state index in [1.807, 2.05) is 0 Å². The third kappa shape index (κ3) is 1.77. The molecule has 0 unspecified atom stereocenters. The second-order valence-electron chi connectivity index (χ2n) is 2.67. The second kappa shape index (κ2) is 3.43. The molecule has 0 radical (unpaired) electrons. The molecule has 0 amide bonds. The maximum absolute atomic E-state index is 11.1. The van der Waals surface area contributed by atoms with E-state index in [2.05, 4.69) is 0 Å². The average molecular weight is 182 g/mol. The van der Waals surface area contributed by atoms with Gasteiger partial charge in [-0.25, -0.2) is 4.79 Å². The molecule has 4 nitrogen and oxygen atoms in total. The Morgan fingerprint density at radius 1 is 1.62 bits per heavy atom. The molecule has 0 aliphatic heterocycles. The van der Waals surface area contributed by atoms with E-state index in [0.29, 0.717) is 12.2 Å². The van der Waals surface area contributed by atoms with Crippen LogP contribution in [0.25, 0.3) is 0 Å². The summed E-state index contributed by atoms with van der Waals surface area (Å²) in [7, 11) is 0. The van der Waals surface area contributed by atoms with Gasteiger partial charge in [-0.15, -0.1) is 0 Å². The van der Waals surface area contributed by atoms with Crippen LogP contribution in [-0.4, -0.2) is 10.9 Å². The number of ketones is 1. The van der Waals surface area contributed by atoms with Gasteiger partial charge >= 0.3 is 5.63 Å². The van der Waals surface area contributed by atoms with E-state index in [1.165, 1.54) is 13.0 Å². The number of Topliss-reactive ketones (excluding diaryl/α,β-unsaturated/α-hetero) is 1. The summed E-state index contributed by atoms with van der Waals surface area (Å²) in [4.78, 5) is 22.0.